The number of fused-ring (bicyclic) bond motifs is 1. The lowest BCUT2D eigenvalue weighted by atomic mass is 9.62. The van der Waals surface area contributed by atoms with Crippen molar-refractivity contribution in [2.75, 3.05) is 6.61 Å². The molecule has 2 aliphatic carbocycles. The molecule has 0 heterocycles. The number of rotatable bonds is 2. The minimum Gasteiger partial charge on any atom is -0.396 e. The van der Waals surface area contributed by atoms with Gasteiger partial charge in [0.25, 0.3) is 0 Å². The largest absolute Gasteiger partial charge is 0.396 e. The lowest BCUT2D eigenvalue weighted by Gasteiger charge is -2.45. The molecule has 5 atom stereocenters. The molecular weight excluding hydrogens is 188 g/mol. The van der Waals surface area contributed by atoms with Gasteiger partial charge in [0.05, 0.1) is 6.10 Å². The molecule has 0 aromatic carbocycles. The van der Waals surface area contributed by atoms with Gasteiger partial charge in [-0.25, -0.2) is 0 Å². The molecule has 0 aliphatic heterocycles. The van der Waals surface area contributed by atoms with Gasteiger partial charge in [-0.2, -0.15) is 0 Å². The number of hydrogen-bond acceptors (Lipinski definition) is 2. The molecule has 3 unspecified atom stereocenters. The van der Waals surface area contributed by atoms with Crippen molar-refractivity contribution in [3.8, 4) is 0 Å². The first-order valence-corrected chi connectivity index (χ1v) is 6.38. The Bertz CT molecular complexity index is 229. The topological polar surface area (TPSA) is 40.5 Å². The van der Waals surface area contributed by atoms with Crippen LogP contribution in [0.25, 0.3) is 0 Å². The summed E-state index contributed by atoms with van der Waals surface area (Å²) >= 11 is 0. The molecular formula is C13H24O2. The summed E-state index contributed by atoms with van der Waals surface area (Å²) < 4.78 is 0. The summed E-state index contributed by atoms with van der Waals surface area (Å²) in [4.78, 5) is 0. The van der Waals surface area contributed by atoms with Gasteiger partial charge in [0.1, 0.15) is 0 Å². The van der Waals surface area contributed by atoms with Crippen LogP contribution in [0.3, 0.4) is 0 Å². The highest BCUT2D eigenvalue weighted by atomic mass is 16.3. The summed E-state index contributed by atoms with van der Waals surface area (Å²) in [7, 11) is 0. The molecule has 2 aliphatic rings. The Morgan fingerprint density at radius 2 is 2.07 bits per heavy atom. The van der Waals surface area contributed by atoms with Gasteiger partial charge in [-0.05, 0) is 48.9 Å². The lowest BCUT2D eigenvalue weighted by Crippen LogP contribution is -2.41. The van der Waals surface area contributed by atoms with Crippen LogP contribution in [-0.2, 0) is 0 Å². The summed E-state index contributed by atoms with van der Waals surface area (Å²) in [6.07, 6.45) is 5.65. The third kappa shape index (κ3) is 1.72. The zero-order valence-electron chi connectivity index (χ0n) is 9.95. The molecule has 0 radical (unpaired) electrons. The summed E-state index contributed by atoms with van der Waals surface area (Å²) in [5.41, 5.74) is 0.291. The third-order valence-corrected chi connectivity index (χ3v) is 5.14. The molecule has 15 heavy (non-hydrogen) atoms. The first-order chi connectivity index (χ1) is 7.09. The number of hydrogen-bond donors (Lipinski definition) is 2. The van der Waals surface area contributed by atoms with E-state index in [2.05, 4.69) is 13.8 Å². The molecule has 2 N–H and O–H groups in total. The number of aliphatic hydroxyl groups is 2. The molecule has 2 nitrogen and oxygen atoms in total. The van der Waals surface area contributed by atoms with Gasteiger partial charge in [-0.3, -0.25) is 0 Å². The molecule has 0 aromatic heterocycles. The molecule has 2 fully saturated rings. The summed E-state index contributed by atoms with van der Waals surface area (Å²) in [5.74, 6) is 1.50. The Hall–Kier alpha value is -0.0800. The molecule has 0 spiro atoms. The van der Waals surface area contributed by atoms with Crippen molar-refractivity contribution >= 4 is 0 Å². The molecule has 2 saturated carbocycles. The highest BCUT2D eigenvalue weighted by Crippen LogP contribution is 2.57. The van der Waals surface area contributed by atoms with Gasteiger partial charge >= 0.3 is 0 Å². The Balaban J connectivity index is 2.17. The summed E-state index contributed by atoms with van der Waals surface area (Å²) in [6.45, 7) is 4.78. The molecule has 0 aromatic rings. The fourth-order valence-corrected chi connectivity index (χ4v) is 4.25. The van der Waals surface area contributed by atoms with Gasteiger partial charge in [0.2, 0.25) is 0 Å². The fourth-order valence-electron chi connectivity index (χ4n) is 4.25. The van der Waals surface area contributed by atoms with E-state index in [0.29, 0.717) is 29.8 Å². The summed E-state index contributed by atoms with van der Waals surface area (Å²) in [5, 5.41) is 19.4. The van der Waals surface area contributed by atoms with E-state index in [1.165, 1.54) is 12.8 Å². The van der Waals surface area contributed by atoms with Gasteiger partial charge in [0, 0.05) is 6.61 Å². The van der Waals surface area contributed by atoms with Crippen LogP contribution in [-0.4, -0.2) is 22.9 Å². The molecule has 0 saturated heterocycles. The van der Waals surface area contributed by atoms with Crippen LogP contribution in [0.15, 0.2) is 0 Å². The Labute approximate surface area is 92.7 Å². The van der Waals surface area contributed by atoms with E-state index in [0.717, 1.165) is 19.3 Å². The third-order valence-electron chi connectivity index (χ3n) is 5.14. The van der Waals surface area contributed by atoms with Gasteiger partial charge < -0.3 is 10.2 Å². The SMILES string of the molecule is C[C@@H](CO)C1CCC2C(O)CCC[C@]21C. The van der Waals surface area contributed by atoms with Crippen molar-refractivity contribution < 1.29 is 10.2 Å². The fraction of sp³-hybridized carbons (Fsp3) is 1.00. The highest BCUT2D eigenvalue weighted by molar-refractivity contribution is 5.01. The quantitative estimate of drug-likeness (QED) is 0.736. The van der Waals surface area contributed by atoms with Crippen LogP contribution in [0.1, 0.15) is 46.0 Å². The maximum Gasteiger partial charge on any atom is 0.0573 e. The van der Waals surface area contributed by atoms with Gasteiger partial charge in [0.15, 0.2) is 0 Å². The normalized spacial score (nSPS) is 47.6. The van der Waals surface area contributed by atoms with Crippen LogP contribution in [0.4, 0.5) is 0 Å². The zero-order valence-corrected chi connectivity index (χ0v) is 9.95. The van der Waals surface area contributed by atoms with Gasteiger partial charge in [-0.1, -0.05) is 20.3 Å². The summed E-state index contributed by atoms with van der Waals surface area (Å²) in [6, 6.07) is 0. The molecule has 0 bridgehead atoms. The average molecular weight is 212 g/mol. The van der Waals surface area contributed by atoms with E-state index in [9.17, 15) is 10.2 Å². The van der Waals surface area contributed by atoms with E-state index in [1.54, 1.807) is 0 Å². The molecule has 88 valence electrons. The van der Waals surface area contributed by atoms with E-state index < -0.39 is 0 Å². The lowest BCUT2D eigenvalue weighted by molar-refractivity contribution is -0.0321. The standard InChI is InChI=1S/C13H24O2/c1-9(8-14)10-5-6-11-12(15)4-3-7-13(10,11)2/h9-12,14-15H,3-8H2,1-2H3/t9-,10?,11?,12?,13-/m0/s1. The second kappa shape index (κ2) is 4.06. The van der Waals surface area contributed by atoms with Crippen LogP contribution in [0.2, 0.25) is 0 Å². The van der Waals surface area contributed by atoms with Crippen molar-refractivity contribution in [2.24, 2.45) is 23.2 Å². The minimum atomic E-state index is -0.0837. The van der Waals surface area contributed by atoms with Crippen molar-refractivity contribution in [3.05, 3.63) is 0 Å². The average Bonchev–Trinajstić information content (AvgIpc) is 2.56. The Kier molecular flexibility index (Phi) is 3.09. The smallest absolute Gasteiger partial charge is 0.0573 e. The van der Waals surface area contributed by atoms with Crippen molar-refractivity contribution in [1.82, 2.24) is 0 Å². The Morgan fingerprint density at radius 3 is 2.73 bits per heavy atom. The number of aliphatic hydroxyl groups excluding tert-OH is 2. The zero-order chi connectivity index (χ0) is 11.1. The predicted molar refractivity (Wildman–Crippen MR) is 60.4 cm³/mol. The monoisotopic (exact) mass is 212 g/mol. The first kappa shape index (κ1) is 11.4. The van der Waals surface area contributed by atoms with E-state index in [4.69, 9.17) is 0 Å². The predicted octanol–water partition coefficient (Wildman–Crippen LogP) is 2.19. The Morgan fingerprint density at radius 1 is 1.33 bits per heavy atom. The van der Waals surface area contributed by atoms with Gasteiger partial charge in [-0.15, -0.1) is 0 Å². The van der Waals surface area contributed by atoms with Crippen LogP contribution >= 0.6 is 0 Å². The molecule has 2 rings (SSSR count). The molecule has 2 heteroatoms. The maximum absolute atomic E-state index is 10.1. The maximum atomic E-state index is 10.1. The second-order valence-corrected chi connectivity index (χ2v) is 5.92. The highest BCUT2D eigenvalue weighted by Gasteiger charge is 2.51. The van der Waals surface area contributed by atoms with Crippen LogP contribution in [0, 0.1) is 23.2 Å². The molecule has 0 amide bonds. The van der Waals surface area contributed by atoms with Crippen LogP contribution < -0.4 is 0 Å². The second-order valence-electron chi connectivity index (χ2n) is 5.92. The van der Waals surface area contributed by atoms with E-state index in [-0.39, 0.29) is 6.10 Å². The van der Waals surface area contributed by atoms with E-state index >= 15 is 0 Å². The first-order valence-electron chi connectivity index (χ1n) is 6.38. The van der Waals surface area contributed by atoms with Crippen molar-refractivity contribution in [2.45, 2.75) is 52.1 Å². The van der Waals surface area contributed by atoms with E-state index in [1.807, 2.05) is 0 Å². The van der Waals surface area contributed by atoms with Crippen molar-refractivity contribution in [3.63, 3.8) is 0 Å². The minimum absolute atomic E-state index is 0.0837. The van der Waals surface area contributed by atoms with Crippen molar-refractivity contribution in [1.29, 1.82) is 0 Å². The van der Waals surface area contributed by atoms with Crippen LogP contribution in [0.5, 0.6) is 0 Å².